The van der Waals surface area contributed by atoms with Crippen molar-refractivity contribution in [1.29, 1.82) is 0 Å². The summed E-state index contributed by atoms with van der Waals surface area (Å²) in [5, 5.41) is 0. The summed E-state index contributed by atoms with van der Waals surface area (Å²) in [6.45, 7) is -0.749. The van der Waals surface area contributed by atoms with Crippen molar-refractivity contribution >= 4 is 17.2 Å². The number of nitrogens with two attached hydrogens (primary N) is 1. The Morgan fingerprint density at radius 1 is 1.64 bits per heavy atom. The van der Waals surface area contributed by atoms with Gasteiger partial charge in [-0.3, -0.25) is 0 Å². The molecule has 0 fully saturated rings. The predicted molar refractivity (Wildman–Crippen MR) is 49.4 cm³/mol. The van der Waals surface area contributed by atoms with Gasteiger partial charge in [0.05, 0.1) is 0 Å². The van der Waals surface area contributed by atoms with Crippen molar-refractivity contribution in [2.24, 2.45) is 5.73 Å². The maximum absolute atomic E-state index is 11.7. The Kier molecular flexibility index (Phi) is 3.63. The molecule has 0 amide bonds. The van der Waals surface area contributed by atoms with Gasteiger partial charge in [0, 0.05) is 6.20 Å². The lowest BCUT2D eigenvalue weighted by atomic mass is 10.4. The van der Waals surface area contributed by atoms with E-state index >= 15 is 0 Å². The smallest absolute Gasteiger partial charge is 0.317 e. The van der Waals surface area contributed by atoms with Gasteiger partial charge in [0.15, 0.2) is 6.61 Å². The Morgan fingerprint density at radius 3 is 2.93 bits per heavy atom. The molecule has 14 heavy (non-hydrogen) atoms. The normalized spacial score (nSPS) is 10.2. The van der Waals surface area contributed by atoms with Gasteiger partial charge in [-0.2, -0.15) is 4.98 Å². The molecule has 2 N–H and O–H groups in total. The fourth-order valence-corrected chi connectivity index (χ4v) is 0.799. The number of nitrogens with zero attached hydrogens (tertiary/aromatic N) is 2. The molecule has 0 saturated carbocycles. The van der Waals surface area contributed by atoms with Crippen molar-refractivity contribution in [2.45, 2.75) is 6.43 Å². The highest BCUT2D eigenvalue weighted by Crippen LogP contribution is 2.04. The third-order valence-corrected chi connectivity index (χ3v) is 1.43. The quantitative estimate of drug-likeness (QED) is 0.757. The highest BCUT2D eigenvalue weighted by Gasteiger charge is 2.06. The second-order valence-corrected chi connectivity index (χ2v) is 2.73. The molecule has 0 aliphatic rings. The first-order valence-corrected chi connectivity index (χ1v) is 4.04. The standard InChI is InChI=1S/C7H7F2N3OS/c8-5(9)3-13-7-11-2-1-4(12-7)6(10)14/h1-2,5H,3H2,(H2,10,14). The molecule has 0 aromatic carbocycles. The molecule has 1 aromatic rings. The topological polar surface area (TPSA) is 61.0 Å². The van der Waals surface area contributed by atoms with Crippen LogP contribution in [0.25, 0.3) is 0 Å². The monoisotopic (exact) mass is 219 g/mol. The fourth-order valence-electron chi connectivity index (χ4n) is 0.685. The average molecular weight is 219 g/mol. The summed E-state index contributed by atoms with van der Waals surface area (Å²) in [4.78, 5) is 7.39. The van der Waals surface area contributed by atoms with Crippen LogP contribution in [0.1, 0.15) is 5.69 Å². The van der Waals surface area contributed by atoms with E-state index in [1.807, 2.05) is 0 Å². The summed E-state index contributed by atoms with van der Waals surface area (Å²) in [7, 11) is 0. The third-order valence-electron chi connectivity index (χ3n) is 1.22. The minimum atomic E-state index is -2.56. The minimum absolute atomic E-state index is 0.0642. The zero-order valence-electron chi connectivity index (χ0n) is 6.98. The number of halogens is 2. The molecule has 0 atom stereocenters. The zero-order valence-corrected chi connectivity index (χ0v) is 7.80. The lowest BCUT2D eigenvalue weighted by molar-refractivity contribution is 0.0770. The second-order valence-electron chi connectivity index (χ2n) is 2.29. The maximum atomic E-state index is 11.7. The molecule has 0 radical (unpaired) electrons. The third kappa shape index (κ3) is 3.17. The molecule has 1 rings (SSSR count). The molecule has 0 bridgehead atoms. The molecule has 1 aromatic heterocycles. The Balaban J connectivity index is 2.69. The van der Waals surface area contributed by atoms with E-state index in [0.717, 1.165) is 0 Å². The van der Waals surface area contributed by atoms with Gasteiger partial charge >= 0.3 is 6.01 Å². The molecule has 0 spiro atoms. The minimum Gasteiger partial charge on any atom is -0.457 e. The number of alkyl halides is 2. The zero-order chi connectivity index (χ0) is 10.6. The van der Waals surface area contributed by atoms with Crippen LogP contribution in [-0.2, 0) is 0 Å². The molecule has 76 valence electrons. The van der Waals surface area contributed by atoms with Crippen molar-refractivity contribution in [3.8, 4) is 6.01 Å². The van der Waals surface area contributed by atoms with E-state index in [2.05, 4.69) is 26.9 Å². The van der Waals surface area contributed by atoms with E-state index in [1.165, 1.54) is 12.3 Å². The first-order chi connectivity index (χ1) is 6.59. The van der Waals surface area contributed by atoms with Crippen LogP contribution >= 0.6 is 12.2 Å². The molecule has 1 heterocycles. The first kappa shape index (κ1) is 10.7. The van der Waals surface area contributed by atoms with Crippen molar-refractivity contribution < 1.29 is 13.5 Å². The molecule has 0 aliphatic carbocycles. The SMILES string of the molecule is NC(=S)c1ccnc(OCC(F)F)n1. The van der Waals surface area contributed by atoms with Gasteiger partial charge in [0.2, 0.25) is 0 Å². The Labute approximate surface area is 84.1 Å². The Hall–Kier alpha value is -1.37. The van der Waals surface area contributed by atoms with E-state index in [-0.39, 0.29) is 11.0 Å². The summed E-state index contributed by atoms with van der Waals surface area (Å²) in [6, 6.07) is 1.31. The van der Waals surface area contributed by atoms with Crippen LogP contribution in [0.4, 0.5) is 8.78 Å². The largest absolute Gasteiger partial charge is 0.457 e. The van der Waals surface area contributed by atoms with Gasteiger partial charge < -0.3 is 10.5 Å². The van der Waals surface area contributed by atoms with Crippen LogP contribution < -0.4 is 10.5 Å². The van der Waals surface area contributed by atoms with Gasteiger partial charge in [-0.25, -0.2) is 13.8 Å². The average Bonchev–Trinajstić information content (AvgIpc) is 2.15. The van der Waals surface area contributed by atoms with E-state index in [9.17, 15) is 8.78 Å². The van der Waals surface area contributed by atoms with Crippen LogP contribution in [0.15, 0.2) is 12.3 Å². The van der Waals surface area contributed by atoms with Crippen LogP contribution in [0.3, 0.4) is 0 Å². The summed E-state index contributed by atoms with van der Waals surface area (Å²) in [5.41, 5.74) is 5.57. The lowest BCUT2D eigenvalue weighted by Crippen LogP contribution is -2.14. The summed E-state index contributed by atoms with van der Waals surface area (Å²) >= 11 is 4.64. The number of ether oxygens (including phenoxy) is 1. The van der Waals surface area contributed by atoms with Crippen LogP contribution in [0.2, 0.25) is 0 Å². The van der Waals surface area contributed by atoms with Crippen molar-refractivity contribution in [3.05, 3.63) is 18.0 Å². The van der Waals surface area contributed by atoms with E-state index in [1.54, 1.807) is 0 Å². The fraction of sp³-hybridized carbons (Fsp3) is 0.286. The number of hydrogen-bond acceptors (Lipinski definition) is 4. The summed E-state index contributed by atoms with van der Waals surface area (Å²) in [5.74, 6) is 0. The molecular formula is C7H7F2N3OS. The van der Waals surface area contributed by atoms with Crippen molar-refractivity contribution in [1.82, 2.24) is 9.97 Å². The molecule has 7 heteroatoms. The van der Waals surface area contributed by atoms with Crippen LogP contribution in [0.5, 0.6) is 6.01 Å². The summed E-state index contributed by atoms with van der Waals surface area (Å²) in [6.07, 6.45) is -1.23. The molecule has 0 saturated heterocycles. The first-order valence-electron chi connectivity index (χ1n) is 3.63. The number of rotatable bonds is 4. The van der Waals surface area contributed by atoms with Gasteiger partial charge in [-0.05, 0) is 6.07 Å². The van der Waals surface area contributed by atoms with Gasteiger partial charge in [0.1, 0.15) is 10.7 Å². The predicted octanol–water partition coefficient (Wildman–Crippen LogP) is 0.755. The molecule has 0 unspecified atom stereocenters. The number of aromatic nitrogens is 2. The number of hydrogen-bond donors (Lipinski definition) is 1. The maximum Gasteiger partial charge on any atom is 0.317 e. The van der Waals surface area contributed by atoms with E-state index < -0.39 is 13.0 Å². The Bertz CT molecular complexity index is 334. The molecule has 4 nitrogen and oxygen atoms in total. The summed E-state index contributed by atoms with van der Waals surface area (Å²) < 4.78 is 28.1. The van der Waals surface area contributed by atoms with Crippen LogP contribution in [0, 0.1) is 0 Å². The van der Waals surface area contributed by atoms with Gasteiger partial charge in [-0.15, -0.1) is 0 Å². The lowest BCUT2D eigenvalue weighted by Gasteiger charge is -2.03. The van der Waals surface area contributed by atoms with Gasteiger partial charge in [0.25, 0.3) is 6.43 Å². The van der Waals surface area contributed by atoms with Crippen molar-refractivity contribution in [3.63, 3.8) is 0 Å². The van der Waals surface area contributed by atoms with Crippen LogP contribution in [-0.4, -0.2) is 28.0 Å². The highest BCUT2D eigenvalue weighted by atomic mass is 32.1. The molecule has 0 aliphatic heterocycles. The van der Waals surface area contributed by atoms with Gasteiger partial charge in [-0.1, -0.05) is 12.2 Å². The van der Waals surface area contributed by atoms with E-state index in [4.69, 9.17) is 5.73 Å². The highest BCUT2D eigenvalue weighted by molar-refractivity contribution is 7.80. The van der Waals surface area contributed by atoms with Crippen molar-refractivity contribution in [2.75, 3.05) is 6.61 Å². The van der Waals surface area contributed by atoms with E-state index in [0.29, 0.717) is 5.69 Å². The Morgan fingerprint density at radius 2 is 2.36 bits per heavy atom. The number of thiocarbonyl (C=S) groups is 1. The molecular weight excluding hydrogens is 212 g/mol. The second kappa shape index (κ2) is 4.75.